The minimum absolute atomic E-state index is 0.419. The first kappa shape index (κ1) is 13.2. The number of nitrogens with one attached hydrogen (secondary N) is 1. The van der Waals surface area contributed by atoms with Gasteiger partial charge < -0.3 is 10.1 Å². The quantitative estimate of drug-likeness (QED) is 0.714. The van der Waals surface area contributed by atoms with Gasteiger partial charge in [0.05, 0.1) is 0 Å². The molecule has 2 nitrogen and oxygen atoms in total. The Labute approximate surface area is 99.0 Å². The summed E-state index contributed by atoms with van der Waals surface area (Å²) in [4.78, 5) is 0. The Kier molecular flexibility index (Phi) is 6.12. The van der Waals surface area contributed by atoms with Gasteiger partial charge in [0.25, 0.3) is 0 Å². The third kappa shape index (κ3) is 4.33. The zero-order valence-electron chi connectivity index (χ0n) is 10.6. The molecule has 90 valence electrons. The van der Waals surface area contributed by atoms with E-state index in [-0.39, 0.29) is 0 Å². The zero-order chi connectivity index (χ0) is 11.8. The Morgan fingerprint density at radius 1 is 1.31 bits per heavy atom. The highest BCUT2D eigenvalue weighted by atomic mass is 16.5. The van der Waals surface area contributed by atoms with Crippen LogP contribution in [0.25, 0.3) is 0 Å². The first-order valence-corrected chi connectivity index (χ1v) is 6.12. The van der Waals surface area contributed by atoms with Crippen molar-refractivity contribution in [3.63, 3.8) is 0 Å². The highest BCUT2D eigenvalue weighted by Crippen LogP contribution is 2.16. The van der Waals surface area contributed by atoms with Crippen molar-refractivity contribution in [2.75, 3.05) is 19.8 Å². The van der Waals surface area contributed by atoms with Crippen molar-refractivity contribution in [2.45, 2.75) is 33.2 Å². The van der Waals surface area contributed by atoms with E-state index < -0.39 is 0 Å². The number of hydrogen-bond donors (Lipinski definition) is 1. The molecule has 1 aromatic rings. The molecule has 0 spiro atoms. The molecule has 1 atom stereocenters. The highest BCUT2D eigenvalue weighted by Gasteiger charge is 2.05. The molecular formula is C14H23NO. The first-order chi connectivity index (χ1) is 7.75. The van der Waals surface area contributed by atoms with Crippen molar-refractivity contribution in [1.82, 2.24) is 5.32 Å². The summed E-state index contributed by atoms with van der Waals surface area (Å²) < 4.78 is 5.30. The molecule has 1 aromatic carbocycles. The standard InChI is InChI=1S/C14H23NO/c1-4-16-11-7-10-15-13(3)14-9-6-5-8-12(14)2/h5-6,8-9,13,15H,4,7,10-11H2,1-3H3/t13-/m0/s1. The summed E-state index contributed by atoms with van der Waals surface area (Å²) in [5.74, 6) is 0. The van der Waals surface area contributed by atoms with Crippen LogP contribution in [-0.2, 0) is 4.74 Å². The Morgan fingerprint density at radius 2 is 2.06 bits per heavy atom. The number of rotatable bonds is 7. The Bertz CT molecular complexity index is 299. The summed E-state index contributed by atoms with van der Waals surface area (Å²) in [6.07, 6.45) is 1.07. The van der Waals surface area contributed by atoms with Gasteiger partial charge in [0.1, 0.15) is 0 Å². The summed E-state index contributed by atoms with van der Waals surface area (Å²) in [5.41, 5.74) is 2.74. The molecule has 1 rings (SSSR count). The SMILES string of the molecule is CCOCCCN[C@@H](C)c1ccccc1C. The van der Waals surface area contributed by atoms with Crippen LogP contribution in [0.1, 0.15) is 37.4 Å². The molecule has 0 bridgehead atoms. The molecule has 0 radical (unpaired) electrons. The van der Waals surface area contributed by atoms with Gasteiger partial charge in [0.2, 0.25) is 0 Å². The first-order valence-electron chi connectivity index (χ1n) is 6.12. The molecule has 0 saturated heterocycles. The lowest BCUT2D eigenvalue weighted by atomic mass is 10.0. The van der Waals surface area contributed by atoms with Gasteiger partial charge >= 0.3 is 0 Å². The van der Waals surface area contributed by atoms with E-state index in [2.05, 4.69) is 43.4 Å². The van der Waals surface area contributed by atoms with Gasteiger partial charge in [-0.05, 0) is 44.9 Å². The Morgan fingerprint density at radius 3 is 2.75 bits per heavy atom. The summed E-state index contributed by atoms with van der Waals surface area (Å²) in [7, 11) is 0. The monoisotopic (exact) mass is 221 g/mol. The van der Waals surface area contributed by atoms with E-state index >= 15 is 0 Å². The van der Waals surface area contributed by atoms with Crippen LogP contribution in [0.3, 0.4) is 0 Å². The second-order valence-electron chi connectivity index (χ2n) is 4.08. The fourth-order valence-corrected chi connectivity index (χ4v) is 1.82. The van der Waals surface area contributed by atoms with Crippen molar-refractivity contribution in [1.29, 1.82) is 0 Å². The third-order valence-electron chi connectivity index (χ3n) is 2.78. The maximum atomic E-state index is 5.30. The van der Waals surface area contributed by atoms with E-state index in [0.717, 1.165) is 26.2 Å². The van der Waals surface area contributed by atoms with E-state index in [9.17, 15) is 0 Å². The van der Waals surface area contributed by atoms with Crippen molar-refractivity contribution in [3.8, 4) is 0 Å². The molecule has 0 unspecified atom stereocenters. The maximum Gasteiger partial charge on any atom is 0.0477 e. The lowest BCUT2D eigenvalue weighted by Gasteiger charge is -2.16. The largest absolute Gasteiger partial charge is 0.382 e. The fraction of sp³-hybridized carbons (Fsp3) is 0.571. The average molecular weight is 221 g/mol. The number of ether oxygens (including phenoxy) is 1. The van der Waals surface area contributed by atoms with Crippen molar-refractivity contribution in [2.24, 2.45) is 0 Å². The number of hydrogen-bond acceptors (Lipinski definition) is 2. The van der Waals surface area contributed by atoms with Crippen LogP contribution in [0.5, 0.6) is 0 Å². The molecular weight excluding hydrogens is 198 g/mol. The summed E-state index contributed by atoms with van der Waals surface area (Å²) in [5, 5.41) is 3.52. The maximum absolute atomic E-state index is 5.30. The molecule has 0 fully saturated rings. The lowest BCUT2D eigenvalue weighted by Crippen LogP contribution is -2.21. The number of aryl methyl sites for hydroxylation is 1. The molecule has 16 heavy (non-hydrogen) atoms. The van der Waals surface area contributed by atoms with Gasteiger partial charge in [-0.25, -0.2) is 0 Å². The van der Waals surface area contributed by atoms with E-state index in [0.29, 0.717) is 6.04 Å². The Hall–Kier alpha value is -0.860. The smallest absolute Gasteiger partial charge is 0.0477 e. The van der Waals surface area contributed by atoms with Crippen LogP contribution in [0.15, 0.2) is 24.3 Å². The lowest BCUT2D eigenvalue weighted by molar-refractivity contribution is 0.144. The molecule has 2 heteroatoms. The van der Waals surface area contributed by atoms with Crippen LogP contribution in [0.4, 0.5) is 0 Å². The van der Waals surface area contributed by atoms with E-state index in [4.69, 9.17) is 4.74 Å². The van der Waals surface area contributed by atoms with Gasteiger partial charge in [0.15, 0.2) is 0 Å². The number of benzene rings is 1. The summed E-state index contributed by atoms with van der Waals surface area (Å²) in [6.45, 7) is 9.08. The van der Waals surface area contributed by atoms with Crippen LogP contribution < -0.4 is 5.32 Å². The van der Waals surface area contributed by atoms with Crippen LogP contribution in [0.2, 0.25) is 0 Å². The van der Waals surface area contributed by atoms with Gasteiger partial charge in [0, 0.05) is 19.3 Å². The zero-order valence-corrected chi connectivity index (χ0v) is 10.6. The second-order valence-corrected chi connectivity index (χ2v) is 4.08. The Balaban J connectivity index is 2.30. The second kappa shape index (κ2) is 7.42. The molecule has 0 aliphatic carbocycles. The minimum atomic E-state index is 0.419. The van der Waals surface area contributed by atoms with E-state index in [1.165, 1.54) is 11.1 Å². The molecule has 1 N–H and O–H groups in total. The molecule has 0 heterocycles. The van der Waals surface area contributed by atoms with Crippen molar-refractivity contribution in [3.05, 3.63) is 35.4 Å². The topological polar surface area (TPSA) is 21.3 Å². The summed E-state index contributed by atoms with van der Waals surface area (Å²) >= 11 is 0. The predicted octanol–water partition coefficient (Wildman–Crippen LogP) is 3.07. The van der Waals surface area contributed by atoms with Gasteiger partial charge in [-0.1, -0.05) is 24.3 Å². The molecule has 0 saturated carbocycles. The molecule has 0 aliphatic rings. The van der Waals surface area contributed by atoms with E-state index in [1.807, 2.05) is 6.92 Å². The van der Waals surface area contributed by atoms with Crippen molar-refractivity contribution < 1.29 is 4.74 Å². The molecule has 0 aliphatic heterocycles. The normalized spacial score (nSPS) is 12.7. The highest BCUT2D eigenvalue weighted by molar-refractivity contribution is 5.28. The summed E-state index contributed by atoms with van der Waals surface area (Å²) in [6, 6.07) is 8.95. The van der Waals surface area contributed by atoms with Gasteiger partial charge in [-0.15, -0.1) is 0 Å². The van der Waals surface area contributed by atoms with Crippen LogP contribution >= 0.6 is 0 Å². The minimum Gasteiger partial charge on any atom is -0.382 e. The van der Waals surface area contributed by atoms with Crippen molar-refractivity contribution >= 4 is 0 Å². The van der Waals surface area contributed by atoms with Crippen LogP contribution in [-0.4, -0.2) is 19.8 Å². The molecule has 0 aromatic heterocycles. The van der Waals surface area contributed by atoms with E-state index in [1.54, 1.807) is 0 Å². The third-order valence-corrected chi connectivity index (χ3v) is 2.78. The molecule has 0 amide bonds. The van der Waals surface area contributed by atoms with Gasteiger partial charge in [-0.3, -0.25) is 0 Å². The van der Waals surface area contributed by atoms with Crippen LogP contribution in [0, 0.1) is 6.92 Å². The average Bonchev–Trinajstić information content (AvgIpc) is 2.29. The predicted molar refractivity (Wildman–Crippen MR) is 68.7 cm³/mol. The fourth-order valence-electron chi connectivity index (χ4n) is 1.82. The van der Waals surface area contributed by atoms with Gasteiger partial charge in [-0.2, -0.15) is 0 Å².